The summed E-state index contributed by atoms with van der Waals surface area (Å²) in [5.41, 5.74) is -0.410. The topological polar surface area (TPSA) is 70.1 Å². The first-order valence-electron chi connectivity index (χ1n) is 13.5. The summed E-state index contributed by atoms with van der Waals surface area (Å²) < 4.78 is 50.8. The Balaban J connectivity index is 0.00000387. The number of ether oxygens (including phenoxy) is 1. The third-order valence-electron chi connectivity index (χ3n) is 8.24. The molecule has 1 amide bonds. The van der Waals surface area contributed by atoms with Gasteiger partial charge in [-0.2, -0.15) is 0 Å². The number of alkyl halides is 2. The number of nitrogens with zero attached hydrogens (tertiary/aromatic N) is 2. The van der Waals surface area contributed by atoms with Crippen LogP contribution < -0.4 is 4.74 Å². The van der Waals surface area contributed by atoms with Crippen molar-refractivity contribution in [2.45, 2.75) is 76.3 Å². The van der Waals surface area contributed by atoms with Gasteiger partial charge in [-0.3, -0.25) is 9.69 Å². The van der Waals surface area contributed by atoms with Crippen LogP contribution >= 0.6 is 23.2 Å². The zero-order valence-electron chi connectivity index (χ0n) is 22.0. The normalized spacial score (nSPS) is 23.1. The number of benzene rings is 2. The summed E-state index contributed by atoms with van der Waals surface area (Å²) in [5, 5.41) is 10.5. The highest BCUT2D eigenvalue weighted by Gasteiger charge is 2.42. The van der Waals surface area contributed by atoms with E-state index in [2.05, 4.69) is 4.90 Å². The molecule has 2 saturated heterocycles. The lowest BCUT2D eigenvalue weighted by molar-refractivity contribution is -0.141. The Morgan fingerprint density at radius 2 is 1.76 bits per heavy atom. The summed E-state index contributed by atoms with van der Waals surface area (Å²) in [6.45, 7) is 2.32. The minimum atomic E-state index is -1.62. The van der Waals surface area contributed by atoms with Crippen molar-refractivity contribution in [3.05, 3.63) is 62.9 Å². The second kappa shape index (κ2) is 12.4. The highest BCUT2D eigenvalue weighted by atomic mass is 35.5. The van der Waals surface area contributed by atoms with Gasteiger partial charge >= 0.3 is 5.97 Å². The molecular weight excluding hydrogens is 580 g/mol. The van der Waals surface area contributed by atoms with E-state index in [1.807, 2.05) is 19.1 Å². The molecule has 0 aromatic heterocycles. The molecule has 1 aliphatic carbocycles. The minimum absolute atomic E-state index is 0. The molecule has 1 N–H and O–H groups in total. The van der Waals surface area contributed by atoms with Gasteiger partial charge in [-0.05, 0) is 73.9 Å². The number of amides is 1. The number of rotatable bonds is 8. The number of carbonyl (C=O) groups is 2. The van der Waals surface area contributed by atoms with Crippen LogP contribution in [0.25, 0.3) is 0 Å². The second-order valence-corrected chi connectivity index (χ2v) is 12.0. The lowest BCUT2D eigenvalue weighted by Gasteiger charge is -2.39. The molecule has 3 aliphatic rings. The molecule has 3 atom stereocenters. The molecule has 6 nitrogen and oxygen atoms in total. The third-order valence-corrected chi connectivity index (χ3v) is 8.67. The second-order valence-electron chi connectivity index (χ2n) is 11.1. The Bertz CT molecular complexity index is 1280. The summed E-state index contributed by atoms with van der Waals surface area (Å²) in [6.07, 6.45) is 0.243. The molecule has 5 rings (SSSR count). The van der Waals surface area contributed by atoms with Crippen LogP contribution in [0.1, 0.15) is 79.9 Å². The average molecular weight is 616 g/mol. The van der Waals surface area contributed by atoms with Crippen LogP contribution in [-0.2, 0) is 4.79 Å². The third kappa shape index (κ3) is 6.95. The predicted octanol–water partition coefficient (Wildman–Crippen LogP) is 7.23. The molecule has 41 heavy (non-hydrogen) atoms. The molecule has 1 saturated carbocycles. The molecule has 224 valence electrons. The van der Waals surface area contributed by atoms with E-state index in [-0.39, 0.29) is 56.6 Å². The average Bonchev–Trinajstić information content (AvgIpc) is 3.66. The molecule has 0 spiro atoms. The zero-order valence-corrected chi connectivity index (χ0v) is 23.5. The number of hydrogen-bond donors (Lipinski definition) is 1. The molecule has 1 unspecified atom stereocenters. The van der Waals surface area contributed by atoms with Crippen molar-refractivity contribution in [1.82, 2.24) is 9.80 Å². The predicted molar refractivity (Wildman–Crippen MR) is 152 cm³/mol. The number of likely N-dealkylation sites (tertiary alicyclic amines) is 2. The first-order valence-corrected chi connectivity index (χ1v) is 14.2. The summed E-state index contributed by atoms with van der Waals surface area (Å²) >= 11 is 12.3. The van der Waals surface area contributed by atoms with E-state index in [4.69, 9.17) is 27.9 Å². The lowest BCUT2D eigenvalue weighted by atomic mass is 9.92. The molecule has 0 bridgehead atoms. The Morgan fingerprint density at radius 1 is 1.12 bits per heavy atom. The van der Waals surface area contributed by atoms with Crippen molar-refractivity contribution in [1.29, 1.82) is 0 Å². The zero-order chi connectivity index (χ0) is 28.8. The van der Waals surface area contributed by atoms with Crippen LogP contribution in [0.3, 0.4) is 0 Å². The molecule has 2 aliphatic heterocycles. The van der Waals surface area contributed by atoms with Crippen LogP contribution in [0.4, 0.5) is 13.2 Å². The van der Waals surface area contributed by atoms with E-state index in [1.165, 1.54) is 6.07 Å². The van der Waals surface area contributed by atoms with Gasteiger partial charge in [0.2, 0.25) is 0 Å². The van der Waals surface area contributed by atoms with Crippen molar-refractivity contribution in [2.75, 3.05) is 26.2 Å². The Morgan fingerprint density at radius 3 is 2.34 bits per heavy atom. The van der Waals surface area contributed by atoms with Crippen molar-refractivity contribution in [3.63, 3.8) is 0 Å². The van der Waals surface area contributed by atoms with Gasteiger partial charge in [0.15, 0.2) is 0 Å². The monoisotopic (exact) mass is 614 g/mol. The van der Waals surface area contributed by atoms with E-state index < -0.39 is 42.1 Å². The van der Waals surface area contributed by atoms with Gasteiger partial charge in [0.05, 0.1) is 12.1 Å². The van der Waals surface area contributed by atoms with Crippen LogP contribution in [-0.4, -0.2) is 70.9 Å². The Labute approximate surface area is 248 Å². The molecule has 2 aromatic rings. The number of carboxylic acids is 1. The van der Waals surface area contributed by atoms with E-state index in [0.29, 0.717) is 28.7 Å². The smallest absolute Gasteiger partial charge is 0.326 e. The van der Waals surface area contributed by atoms with Gasteiger partial charge in [-0.15, -0.1) is 0 Å². The van der Waals surface area contributed by atoms with E-state index in [1.54, 1.807) is 6.07 Å². The van der Waals surface area contributed by atoms with Gasteiger partial charge in [0, 0.05) is 41.7 Å². The molecule has 2 heterocycles. The van der Waals surface area contributed by atoms with Crippen molar-refractivity contribution >= 4 is 35.1 Å². The number of carbonyl (C=O) groups excluding carboxylic acids is 1. The number of piperidine rings is 1. The number of aliphatic carboxylic acids is 1. The summed E-state index contributed by atoms with van der Waals surface area (Å²) in [6, 6.07) is 6.44. The quantitative estimate of drug-likeness (QED) is 0.340. The standard InChI is InChI=1S/C29H31Cl2F3N2O4.CH4/c1-16(18-8-19(30)10-20(31)9-18)35-6-4-29(34,5-7-35)15-40-26-13-24(33)23(12-22(26)17-2-3-17)27(37)36-14-21(32)11-25(36)28(38)39;/h8-10,12-13,16-17,21,25H,2-7,11,14-15H2,1H3,(H,38,39);1H4/t16?,21-,25+;/m1./s1. The highest BCUT2D eigenvalue weighted by molar-refractivity contribution is 6.34. The van der Waals surface area contributed by atoms with E-state index in [9.17, 15) is 19.1 Å². The molecule has 0 radical (unpaired) electrons. The van der Waals surface area contributed by atoms with Crippen molar-refractivity contribution in [3.8, 4) is 5.75 Å². The fourth-order valence-electron chi connectivity index (χ4n) is 5.66. The number of carboxylic acid groups (broad SMARTS) is 1. The van der Waals surface area contributed by atoms with Crippen LogP contribution in [0, 0.1) is 5.82 Å². The van der Waals surface area contributed by atoms with Crippen molar-refractivity contribution < 1.29 is 32.6 Å². The summed E-state index contributed by atoms with van der Waals surface area (Å²) in [7, 11) is 0. The highest BCUT2D eigenvalue weighted by Crippen LogP contribution is 2.46. The van der Waals surface area contributed by atoms with Crippen LogP contribution in [0.15, 0.2) is 30.3 Å². The van der Waals surface area contributed by atoms with E-state index >= 15 is 8.78 Å². The maximum Gasteiger partial charge on any atom is 0.326 e. The van der Waals surface area contributed by atoms with E-state index in [0.717, 1.165) is 29.4 Å². The molecule has 3 fully saturated rings. The van der Waals surface area contributed by atoms with Gasteiger partial charge in [-0.25, -0.2) is 18.0 Å². The van der Waals surface area contributed by atoms with Gasteiger partial charge < -0.3 is 14.7 Å². The molecule has 2 aromatic carbocycles. The largest absolute Gasteiger partial charge is 0.490 e. The SMILES string of the molecule is C.CC(c1cc(Cl)cc(Cl)c1)N1CCC(F)(COc2cc(F)c(C(=O)N3C[C@H](F)C[C@H]3C(=O)O)cc2C2CC2)CC1. The van der Waals surface area contributed by atoms with Crippen LogP contribution in [0.5, 0.6) is 5.75 Å². The van der Waals surface area contributed by atoms with Crippen molar-refractivity contribution in [2.24, 2.45) is 0 Å². The maximum atomic E-state index is 15.8. The fourth-order valence-corrected chi connectivity index (χ4v) is 6.21. The van der Waals surface area contributed by atoms with Gasteiger partial charge in [0.25, 0.3) is 5.91 Å². The first-order chi connectivity index (χ1) is 18.9. The minimum Gasteiger partial charge on any atom is -0.490 e. The summed E-state index contributed by atoms with van der Waals surface area (Å²) in [4.78, 5) is 27.6. The van der Waals surface area contributed by atoms with Gasteiger partial charge in [0.1, 0.15) is 36.1 Å². The lowest BCUT2D eigenvalue weighted by Crippen LogP contribution is -2.45. The number of halogens is 5. The van der Waals surface area contributed by atoms with Gasteiger partial charge in [-0.1, -0.05) is 30.6 Å². The molecular formula is C30H35Cl2F3N2O4. The number of hydrogen-bond acceptors (Lipinski definition) is 4. The Kier molecular flexibility index (Phi) is 9.51. The summed E-state index contributed by atoms with van der Waals surface area (Å²) in [5.74, 6) is -2.90. The van der Waals surface area contributed by atoms with Crippen LogP contribution in [0.2, 0.25) is 10.0 Å². The fraction of sp³-hybridized carbons (Fsp3) is 0.533. The maximum absolute atomic E-state index is 15.8. The molecule has 11 heteroatoms. The Hall–Kier alpha value is -2.49. The first kappa shape index (κ1) is 31.4.